The van der Waals surface area contributed by atoms with Crippen LogP contribution in [-0.4, -0.2) is 15.0 Å². The highest BCUT2D eigenvalue weighted by Crippen LogP contribution is 2.36. The molecule has 28 heavy (non-hydrogen) atoms. The molecule has 0 aliphatic carbocycles. The zero-order valence-corrected chi connectivity index (χ0v) is 13.5. The van der Waals surface area contributed by atoms with Crippen molar-refractivity contribution in [2.45, 2.75) is 12.4 Å². The van der Waals surface area contributed by atoms with Gasteiger partial charge in [0.05, 0.1) is 34.6 Å². The van der Waals surface area contributed by atoms with Crippen LogP contribution < -0.4 is 0 Å². The molecule has 0 bridgehead atoms. The lowest BCUT2D eigenvalue weighted by Gasteiger charge is -2.10. The number of rotatable bonds is 2. The Balaban J connectivity index is 2.07. The van der Waals surface area contributed by atoms with E-state index in [1.807, 2.05) is 0 Å². The summed E-state index contributed by atoms with van der Waals surface area (Å²) in [5, 5.41) is 15.9. The lowest BCUT2D eigenvalue weighted by atomic mass is 10.1. The maximum absolute atomic E-state index is 14.2. The Morgan fingerprint density at radius 1 is 0.929 bits per heavy atom. The fourth-order valence-corrected chi connectivity index (χ4v) is 2.47. The molecule has 0 fully saturated rings. The Hall–Kier alpha value is -3.42. The van der Waals surface area contributed by atoms with Gasteiger partial charge in [-0.3, -0.25) is 0 Å². The van der Waals surface area contributed by atoms with Crippen LogP contribution in [0.25, 0.3) is 16.9 Å². The molecule has 0 aliphatic rings. The zero-order valence-electron chi connectivity index (χ0n) is 13.5. The van der Waals surface area contributed by atoms with Crippen molar-refractivity contribution in [1.29, 1.82) is 5.26 Å². The number of hydrogen-bond acceptors (Lipinski definition) is 3. The molecular formula is C17H7F7N4. The first-order chi connectivity index (χ1) is 13.0. The van der Waals surface area contributed by atoms with Crippen LogP contribution in [0.2, 0.25) is 0 Å². The lowest BCUT2D eigenvalue weighted by molar-refractivity contribution is -0.140. The molecule has 4 nitrogen and oxygen atoms in total. The number of aromatic nitrogens is 3. The van der Waals surface area contributed by atoms with E-state index in [1.165, 1.54) is 6.07 Å². The molecule has 144 valence electrons. The van der Waals surface area contributed by atoms with Gasteiger partial charge >= 0.3 is 12.4 Å². The lowest BCUT2D eigenvalue weighted by Crippen LogP contribution is -2.09. The van der Waals surface area contributed by atoms with Gasteiger partial charge in [-0.25, -0.2) is 9.07 Å². The van der Waals surface area contributed by atoms with Crippen LogP contribution >= 0.6 is 0 Å². The summed E-state index contributed by atoms with van der Waals surface area (Å²) in [5.41, 5.74) is -4.29. The summed E-state index contributed by atoms with van der Waals surface area (Å²) < 4.78 is 92.7. The second-order valence-electron chi connectivity index (χ2n) is 5.55. The van der Waals surface area contributed by atoms with E-state index in [4.69, 9.17) is 5.26 Å². The summed E-state index contributed by atoms with van der Waals surface area (Å²) >= 11 is 0. The number of benzene rings is 2. The summed E-state index contributed by atoms with van der Waals surface area (Å²) in [5.74, 6) is -1.57. The third-order valence-corrected chi connectivity index (χ3v) is 3.77. The van der Waals surface area contributed by atoms with Crippen molar-refractivity contribution in [3.63, 3.8) is 0 Å². The third kappa shape index (κ3) is 3.53. The van der Waals surface area contributed by atoms with E-state index < -0.39 is 40.4 Å². The number of alkyl halides is 6. The van der Waals surface area contributed by atoms with Crippen LogP contribution in [0.1, 0.15) is 16.7 Å². The Labute approximate surface area is 152 Å². The molecule has 0 N–H and O–H groups in total. The Kier molecular flexibility index (Phi) is 4.58. The topological polar surface area (TPSA) is 54.5 Å². The molecule has 0 atom stereocenters. The predicted molar refractivity (Wildman–Crippen MR) is 81.5 cm³/mol. The maximum Gasteiger partial charge on any atom is 0.419 e. The first-order valence-corrected chi connectivity index (χ1v) is 7.42. The van der Waals surface area contributed by atoms with Crippen LogP contribution in [0.5, 0.6) is 0 Å². The molecule has 0 saturated carbocycles. The summed E-state index contributed by atoms with van der Waals surface area (Å²) in [4.78, 5) is 0. The molecule has 0 spiro atoms. The van der Waals surface area contributed by atoms with E-state index in [0.717, 1.165) is 35.1 Å². The predicted octanol–water partition coefficient (Wildman–Crippen LogP) is 4.98. The minimum atomic E-state index is -4.93. The van der Waals surface area contributed by atoms with Crippen molar-refractivity contribution >= 4 is 0 Å². The Morgan fingerprint density at radius 2 is 1.61 bits per heavy atom. The molecule has 0 amide bonds. The third-order valence-electron chi connectivity index (χ3n) is 3.77. The normalized spacial score (nSPS) is 12.1. The molecule has 1 heterocycles. The van der Waals surface area contributed by atoms with E-state index in [-0.39, 0.29) is 11.4 Å². The molecule has 1 aromatic heterocycles. The van der Waals surface area contributed by atoms with E-state index >= 15 is 0 Å². The number of hydrogen-bond donors (Lipinski definition) is 0. The maximum atomic E-state index is 14.2. The molecule has 2 aromatic carbocycles. The fraction of sp³-hybridized carbons (Fsp3) is 0.118. The van der Waals surface area contributed by atoms with Crippen LogP contribution in [-0.2, 0) is 12.4 Å². The van der Waals surface area contributed by atoms with Gasteiger partial charge in [-0.05, 0) is 30.3 Å². The Morgan fingerprint density at radius 3 is 2.21 bits per heavy atom. The second-order valence-corrected chi connectivity index (χ2v) is 5.55. The summed E-state index contributed by atoms with van der Waals surface area (Å²) in [6.45, 7) is 0. The average Bonchev–Trinajstić information content (AvgIpc) is 3.09. The Bertz CT molecular complexity index is 1070. The highest BCUT2D eigenvalue weighted by Gasteiger charge is 2.36. The molecule has 0 unspecified atom stereocenters. The van der Waals surface area contributed by atoms with Gasteiger partial charge in [0.15, 0.2) is 0 Å². The average molecular weight is 400 g/mol. The number of nitriles is 1. The molecule has 0 saturated heterocycles. The second kappa shape index (κ2) is 6.63. The number of halogens is 7. The molecule has 0 aliphatic heterocycles. The largest absolute Gasteiger partial charge is 0.419 e. The quantitative estimate of drug-likeness (QED) is 0.570. The van der Waals surface area contributed by atoms with Gasteiger partial charge in [-0.2, -0.15) is 31.6 Å². The van der Waals surface area contributed by atoms with Gasteiger partial charge in [-0.1, -0.05) is 11.3 Å². The smallest absolute Gasteiger partial charge is 0.220 e. The van der Waals surface area contributed by atoms with Gasteiger partial charge in [0.25, 0.3) is 0 Å². The van der Waals surface area contributed by atoms with E-state index in [2.05, 4.69) is 10.3 Å². The molecular weight excluding hydrogens is 393 g/mol. The minimum Gasteiger partial charge on any atom is -0.220 e. The van der Waals surface area contributed by atoms with Crippen molar-refractivity contribution in [2.24, 2.45) is 0 Å². The standard InChI is InChI=1S/C17H7F7N4/c18-15-11(2-1-3-12(15)16(19,20)21)14-8-28(27-26-14)10-5-4-9(7-25)13(6-10)17(22,23)24/h1-6,8H. The van der Waals surface area contributed by atoms with Gasteiger partial charge in [0, 0.05) is 5.56 Å². The minimum absolute atomic E-state index is 0.155. The van der Waals surface area contributed by atoms with E-state index in [0.29, 0.717) is 12.1 Å². The highest BCUT2D eigenvalue weighted by atomic mass is 19.4. The van der Waals surface area contributed by atoms with Crippen molar-refractivity contribution in [3.8, 4) is 23.0 Å². The first-order valence-electron chi connectivity index (χ1n) is 7.42. The summed E-state index contributed by atoms with van der Waals surface area (Å²) in [7, 11) is 0. The van der Waals surface area contributed by atoms with Crippen LogP contribution in [0, 0.1) is 17.1 Å². The molecule has 0 radical (unpaired) electrons. The van der Waals surface area contributed by atoms with E-state index in [9.17, 15) is 30.7 Å². The van der Waals surface area contributed by atoms with Crippen molar-refractivity contribution in [2.75, 3.05) is 0 Å². The zero-order chi connectivity index (χ0) is 20.7. The van der Waals surface area contributed by atoms with E-state index in [1.54, 1.807) is 0 Å². The molecule has 11 heteroatoms. The fourth-order valence-electron chi connectivity index (χ4n) is 2.47. The van der Waals surface area contributed by atoms with Crippen LogP contribution in [0.3, 0.4) is 0 Å². The van der Waals surface area contributed by atoms with Gasteiger partial charge in [0.2, 0.25) is 0 Å². The van der Waals surface area contributed by atoms with Crippen molar-refractivity contribution in [3.05, 3.63) is 65.1 Å². The first kappa shape index (κ1) is 19.3. The summed E-state index contributed by atoms with van der Waals surface area (Å²) in [6, 6.07) is 6.70. The van der Waals surface area contributed by atoms with Crippen LogP contribution in [0.15, 0.2) is 42.6 Å². The molecule has 3 aromatic rings. The van der Waals surface area contributed by atoms with Gasteiger partial charge in [0.1, 0.15) is 11.5 Å². The number of nitrogens with zero attached hydrogens (tertiary/aromatic N) is 4. The SMILES string of the molecule is N#Cc1ccc(-n2cc(-c3cccc(C(F)(F)F)c3F)nn2)cc1C(F)(F)F. The van der Waals surface area contributed by atoms with Crippen molar-refractivity contribution < 1.29 is 30.7 Å². The van der Waals surface area contributed by atoms with Gasteiger partial charge < -0.3 is 0 Å². The van der Waals surface area contributed by atoms with Gasteiger partial charge in [-0.15, -0.1) is 5.10 Å². The highest BCUT2D eigenvalue weighted by molar-refractivity contribution is 5.61. The molecule has 3 rings (SSSR count). The van der Waals surface area contributed by atoms with Crippen molar-refractivity contribution in [1.82, 2.24) is 15.0 Å². The summed E-state index contributed by atoms with van der Waals surface area (Å²) in [6.07, 6.45) is -8.75. The monoisotopic (exact) mass is 400 g/mol. The van der Waals surface area contributed by atoms with Crippen LogP contribution in [0.4, 0.5) is 30.7 Å².